The topological polar surface area (TPSA) is 55.4 Å². The molecule has 0 saturated carbocycles. The van der Waals surface area contributed by atoms with E-state index >= 15 is 0 Å². The fraction of sp³-hybridized carbons (Fsp3) is 0.700. The summed E-state index contributed by atoms with van der Waals surface area (Å²) in [6, 6.07) is 10.1. The smallest absolute Gasteiger partial charge is 0.190 e. The summed E-state index contributed by atoms with van der Waals surface area (Å²) in [7, 11) is 0. The van der Waals surface area contributed by atoms with Crippen LogP contribution in [0.5, 0.6) is 0 Å². The lowest BCUT2D eigenvalue weighted by Gasteiger charge is -2.38. The number of fused-ring (bicyclic) bond motifs is 1. The zero-order valence-corrected chi connectivity index (χ0v) is 15.8. The molecule has 7 atom stereocenters. The van der Waals surface area contributed by atoms with Crippen molar-refractivity contribution in [2.45, 2.75) is 83.0 Å². The van der Waals surface area contributed by atoms with Crippen molar-refractivity contribution in [2.24, 2.45) is 0 Å². The van der Waals surface area contributed by atoms with E-state index in [0.29, 0.717) is 13.2 Å². The monoisotopic (exact) mass is 364 g/mol. The van der Waals surface area contributed by atoms with Gasteiger partial charge in [0.05, 0.1) is 25.4 Å². The van der Waals surface area contributed by atoms with Crippen molar-refractivity contribution >= 4 is 0 Å². The fourth-order valence-corrected chi connectivity index (χ4v) is 3.74. The zero-order chi connectivity index (χ0) is 18.3. The van der Waals surface area contributed by atoms with Crippen LogP contribution >= 0.6 is 0 Å². The van der Waals surface area contributed by atoms with Gasteiger partial charge >= 0.3 is 0 Å². The van der Waals surface area contributed by atoms with Gasteiger partial charge in [-0.3, -0.25) is 0 Å². The van der Waals surface area contributed by atoms with Gasteiger partial charge in [0.2, 0.25) is 0 Å². The highest BCUT2D eigenvalue weighted by Gasteiger charge is 2.58. The predicted molar refractivity (Wildman–Crippen MR) is 93.5 cm³/mol. The van der Waals surface area contributed by atoms with E-state index in [0.717, 1.165) is 5.56 Å². The van der Waals surface area contributed by atoms with Crippen molar-refractivity contribution in [1.29, 1.82) is 0 Å². The summed E-state index contributed by atoms with van der Waals surface area (Å²) < 4.78 is 36.4. The van der Waals surface area contributed by atoms with Gasteiger partial charge in [-0.25, -0.2) is 0 Å². The minimum atomic E-state index is -0.680. The van der Waals surface area contributed by atoms with Crippen LogP contribution in [-0.2, 0) is 35.0 Å². The molecule has 3 fully saturated rings. The first-order valence-corrected chi connectivity index (χ1v) is 9.37. The molecule has 0 amide bonds. The van der Waals surface area contributed by atoms with Crippen molar-refractivity contribution in [2.75, 3.05) is 6.61 Å². The van der Waals surface area contributed by atoms with E-state index in [2.05, 4.69) is 0 Å². The molecule has 4 rings (SSSR count). The van der Waals surface area contributed by atoms with Gasteiger partial charge in [-0.1, -0.05) is 30.3 Å². The first-order valence-electron chi connectivity index (χ1n) is 9.37. The number of rotatable bonds is 4. The van der Waals surface area contributed by atoms with Crippen LogP contribution in [0.25, 0.3) is 0 Å². The Kier molecular flexibility index (Phi) is 5.07. The van der Waals surface area contributed by atoms with Gasteiger partial charge in [-0.2, -0.15) is 0 Å². The first-order chi connectivity index (χ1) is 12.4. The minimum absolute atomic E-state index is 0.00541. The molecule has 0 aromatic heterocycles. The third kappa shape index (κ3) is 3.67. The van der Waals surface area contributed by atoms with Crippen molar-refractivity contribution in [3.63, 3.8) is 0 Å². The van der Waals surface area contributed by atoms with Gasteiger partial charge in [0.15, 0.2) is 12.1 Å². The minimum Gasteiger partial charge on any atom is -0.373 e. The lowest BCUT2D eigenvalue weighted by atomic mass is 10.0. The first kappa shape index (κ1) is 18.3. The van der Waals surface area contributed by atoms with Gasteiger partial charge in [0, 0.05) is 0 Å². The van der Waals surface area contributed by atoms with Gasteiger partial charge < -0.3 is 28.4 Å². The van der Waals surface area contributed by atoms with Crippen molar-refractivity contribution in [1.82, 2.24) is 0 Å². The average Bonchev–Trinajstić information content (AvgIpc) is 3.08. The maximum Gasteiger partial charge on any atom is 0.190 e. The Hall–Kier alpha value is -1.02. The van der Waals surface area contributed by atoms with Crippen LogP contribution in [0.4, 0.5) is 0 Å². The average molecular weight is 364 g/mol. The molecule has 6 heteroatoms. The quantitative estimate of drug-likeness (QED) is 0.819. The third-order valence-electron chi connectivity index (χ3n) is 5.25. The maximum atomic E-state index is 6.26. The van der Waals surface area contributed by atoms with Crippen molar-refractivity contribution in [3.8, 4) is 0 Å². The summed E-state index contributed by atoms with van der Waals surface area (Å²) in [5.41, 5.74) is 1.11. The molecule has 3 heterocycles. The normalized spacial score (nSPS) is 41.9. The van der Waals surface area contributed by atoms with Crippen LogP contribution < -0.4 is 0 Å². The Labute approximate surface area is 154 Å². The van der Waals surface area contributed by atoms with Crippen LogP contribution in [0.3, 0.4) is 0 Å². The molecule has 3 aliphatic heterocycles. The van der Waals surface area contributed by atoms with E-state index in [1.807, 2.05) is 58.0 Å². The number of hydrogen-bond acceptors (Lipinski definition) is 6. The Balaban J connectivity index is 1.49. The number of hydrogen-bond donors (Lipinski definition) is 0. The van der Waals surface area contributed by atoms with E-state index < -0.39 is 12.1 Å². The zero-order valence-electron chi connectivity index (χ0n) is 15.8. The second kappa shape index (κ2) is 7.19. The molecule has 0 spiro atoms. The Morgan fingerprint density at radius 2 is 1.77 bits per heavy atom. The molecule has 3 aliphatic rings. The second-order valence-corrected chi connectivity index (χ2v) is 7.75. The molecule has 3 saturated heterocycles. The molecular formula is C20H28O6. The van der Waals surface area contributed by atoms with E-state index in [1.54, 1.807) is 0 Å². The molecule has 0 radical (unpaired) electrons. The molecule has 1 aromatic carbocycles. The standard InChI is InChI=1S/C20H28O6/c1-12-13(2)23-15(11-21-12)16-17(22-10-14-8-6-5-7-9-14)18-19(24-16)26-20(3,4)25-18/h5-9,12-13,15-19H,10-11H2,1-4H3. The van der Waals surface area contributed by atoms with Crippen LogP contribution in [0.1, 0.15) is 33.3 Å². The number of benzene rings is 1. The Bertz CT molecular complexity index is 606. The van der Waals surface area contributed by atoms with Gasteiger partial charge in [0.25, 0.3) is 0 Å². The van der Waals surface area contributed by atoms with Gasteiger partial charge in [-0.05, 0) is 33.3 Å². The highest BCUT2D eigenvalue weighted by molar-refractivity contribution is 5.13. The van der Waals surface area contributed by atoms with Crippen LogP contribution in [0, 0.1) is 0 Å². The van der Waals surface area contributed by atoms with Crippen LogP contribution in [0.2, 0.25) is 0 Å². The van der Waals surface area contributed by atoms with Crippen molar-refractivity contribution < 1.29 is 28.4 Å². The van der Waals surface area contributed by atoms with Gasteiger partial charge in [-0.15, -0.1) is 0 Å². The molecule has 0 bridgehead atoms. The molecule has 6 nitrogen and oxygen atoms in total. The summed E-state index contributed by atoms with van der Waals surface area (Å²) in [5.74, 6) is -0.680. The van der Waals surface area contributed by atoms with E-state index in [1.165, 1.54) is 0 Å². The lowest BCUT2D eigenvalue weighted by Crippen LogP contribution is -2.51. The molecule has 26 heavy (non-hydrogen) atoms. The maximum absolute atomic E-state index is 6.26. The van der Waals surface area contributed by atoms with E-state index in [4.69, 9.17) is 28.4 Å². The van der Waals surface area contributed by atoms with Crippen LogP contribution in [0.15, 0.2) is 30.3 Å². The fourth-order valence-electron chi connectivity index (χ4n) is 3.74. The molecule has 7 unspecified atom stereocenters. The summed E-state index contributed by atoms with van der Waals surface area (Å²) in [6.07, 6.45) is -1.43. The van der Waals surface area contributed by atoms with E-state index in [9.17, 15) is 0 Å². The predicted octanol–water partition coefficient (Wildman–Crippen LogP) is 2.64. The highest BCUT2D eigenvalue weighted by atomic mass is 16.8. The van der Waals surface area contributed by atoms with Crippen LogP contribution in [-0.4, -0.2) is 55.3 Å². The number of ether oxygens (including phenoxy) is 6. The summed E-state index contributed by atoms with van der Waals surface area (Å²) >= 11 is 0. The molecule has 1 aromatic rings. The molecular weight excluding hydrogens is 336 g/mol. The molecule has 144 valence electrons. The largest absolute Gasteiger partial charge is 0.373 e. The van der Waals surface area contributed by atoms with Crippen molar-refractivity contribution in [3.05, 3.63) is 35.9 Å². The Morgan fingerprint density at radius 1 is 1.00 bits per heavy atom. The molecule has 0 N–H and O–H groups in total. The lowest BCUT2D eigenvalue weighted by molar-refractivity contribution is -0.258. The SMILES string of the molecule is CC1OCC(C2OC3OC(C)(C)OC3C2OCc2ccccc2)OC1C. The highest BCUT2D eigenvalue weighted by Crippen LogP contribution is 2.41. The summed E-state index contributed by atoms with van der Waals surface area (Å²) in [6.45, 7) is 8.78. The summed E-state index contributed by atoms with van der Waals surface area (Å²) in [5, 5.41) is 0. The molecule has 0 aliphatic carbocycles. The second-order valence-electron chi connectivity index (χ2n) is 7.75. The van der Waals surface area contributed by atoms with E-state index in [-0.39, 0.29) is 36.6 Å². The van der Waals surface area contributed by atoms with Gasteiger partial charge in [0.1, 0.15) is 24.4 Å². The third-order valence-corrected chi connectivity index (χ3v) is 5.25. The summed E-state index contributed by atoms with van der Waals surface area (Å²) in [4.78, 5) is 0. The Morgan fingerprint density at radius 3 is 2.50 bits per heavy atom.